The van der Waals surface area contributed by atoms with Gasteiger partial charge in [-0.05, 0) is 97.7 Å². The molecule has 3 saturated heterocycles. The van der Waals surface area contributed by atoms with Crippen molar-refractivity contribution in [2.24, 2.45) is 5.73 Å². The molecule has 3 aliphatic heterocycles. The van der Waals surface area contributed by atoms with Gasteiger partial charge in [0.1, 0.15) is 76.7 Å². The zero-order valence-electron chi connectivity index (χ0n) is 53.4. The summed E-state index contributed by atoms with van der Waals surface area (Å²) in [5, 5.41) is 28.8. The maximum atomic E-state index is 12.7. The lowest BCUT2D eigenvalue weighted by Crippen LogP contribution is -2.41. The fraction of sp³-hybridized carbons (Fsp3) is 0.318. The Morgan fingerprint density at radius 2 is 0.802 bits per heavy atom. The summed E-state index contributed by atoms with van der Waals surface area (Å²) in [4.78, 5) is 120. The number of benzene rings is 3. The third kappa shape index (κ3) is 18.3. The molecule has 3 aromatic carbocycles. The highest BCUT2D eigenvalue weighted by Gasteiger charge is 2.25. The molecule has 0 radical (unpaired) electrons. The third-order valence-electron chi connectivity index (χ3n) is 16.6. The van der Waals surface area contributed by atoms with Crippen molar-refractivity contribution in [2.45, 2.75) is 97.1 Å². The molecule has 3 fully saturated rings. The molecule has 0 spiro atoms. The van der Waals surface area contributed by atoms with Gasteiger partial charge in [0.2, 0.25) is 23.7 Å². The molecule has 6 amide bonds. The number of hydrogen-bond acceptors (Lipinski definition) is 23. The summed E-state index contributed by atoms with van der Waals surface area (Å²) < 4.78 is 0. The summed E-state index contributed by atoms with van der Waals surface area (Å²) >= 11 is 0. The molecule has 96 heavy (non-hydrogen) atoms. The van der Waals surface area contributed by atoms with Crippen LogP contribution in [0.15, 0.2) is 116 Å². The number of carbonyl (C=O) groups is 6. The van der Waals surface area contributed by atoms with Crippen LogP contribution in [0.5, 0.6) is 0 Å². The smallest absolute Gasteiger partial charge is 0.270 e. The van der Waals surface area contributed by atoms with Crippen LogP contribution in [0.25, 0.3) is 32.7 Å². The number of piperidine rings is 3. The van der Waals surface area contributed by atoms with Crippen LogP contribution < -0.4 is 54.8 Å². The first-order valence-electron chi connectivity index (χ1n) is 31.3. The lowest BCUT2D eigenvalue weighted by Gasteiger charge is -2.31. The van der Waals surface area contributed by atoms with Gasteiger partial charge in [0.25, 0.3) is 17.7 Å². The molecule has 6 aromatic heterocycles. The summed E-state index contributed by atoms with van der Waals surface area (Å²) in [5.74, 6) is 1.94. The maximum Gasteiger partial charge on any atom is 0.270 e. The summed E-state index contributed by atoms with van der Waals surface area (Å²) in [5.41, 5.74) is 28.8. The molecular weight excluding hydrogens is 1220 g/mol. The maximum absolute atomic E-state index is 12.7. The number of nitrogens with zero attached hydrogens (tertiary/aromatic N) is 13. The zero-order valence-corrected chi connectivity index (χ0v) is 53.4. The molecule has 15 N–H and O–H groups in total. The number of aromatic nitrogens is 10. The van der Waals surface area contributed by atoms with E-state index in [2.05, 4.69) is 81.7 Å². The van der Waals surface area contributed by atoms with Crippen LogP contribution in [0.2, 0.25) is 0 Å². The number of anilines is 6. The fourth-order valence-corrected chi connectivity index (χ4v) is 11.2. The van der Waals surface area contributed by atoms with Gasteiger partial charge in [-0.2, -0.15) is 4.98 Å². The minimum atomic E-state index is -0.316. The highest BCUT2D eigenvalue weighted by molar-refractivity contribution is 5.96. The van der Waals surface area contributed by atoms with Crippen molar-refractivity contribution < 1.29 is 28.8 Å². The van der Waals surface area contributed by atoms with Gasteiger partial charge in [-0.25, -0.2) is 44.9 Å². The molecule has 496 valence electrons. The average Bonchev–Trinajstić information content (AvgIpc) is 1.72. The second kappa shape index (κ2) is 31.2. The molecule has 3 aliphatic rings. The van der Waals surface area contributed by atoms with Crippen molar-refractivity contribution in [3.8, 4) is 0 Å². The predicted molar refractivity (Wildman–Crippen MR) is 364 cm³/mol. The highest BCUT2D eigenvalue weighted by Crippen LogP contribution is 2.23. The van der Waals surface area contributed by atoms with Crippen molar-refractivity contribution in [3.63, 3.8) is 0 Å². The molecule has 9 aromatic rings. The number of nitrogen functional groups attached to an aromatic ring is 4. The Bertz CT molecular complexity index is 4340. The van der Waals surface area contributed by atoms with E-state index >= 15 is 0 Å². The van der Waals surface area contributed by atoms with E-state index in [1.54, 1.807) is 57.2 Å². The van der Waals surface area contributed by atoms with Crippen molar-refractivity contribution in [1.29, 1.82) is 5.41 Å². The third-order valence-corrected chi connectivity index (χ3v) is 16.6. The number of fused-ring (bicyclic) bond motifs is 3. The minimum Gasteiger partial charge on any atom is -0.384 e. The molecule has 12 rings (SSSR count). The van der Waals surface area contributed by atoms with Crippen molar-refractivity contribution in [2.75, 3.05) is 72.4 Å². The van der Waals surface area contributed by atoms with E-state index in [4.69, 9.17) is 28.3 Å². The lowest BCUT2D eigenvalue weighted by atomic mass is 10.1. The molecule has 30 heteroatoms. The summed E-state index contributed by atoms with van der Waals surface area (Å²) in [7, 11) is 0. The lowest BCUT2D eigenvalue weighted by molar-refractivity contribution is -0.130. The van der Waals surface area contributed by atoms with Crippen LogP contribution in [-0.4, -0.2) is 163 Å². The predicted octanol–water partition coefficient (Wildman–Crippen LogP) is 4.56. The minimum absolute atomic E-state index is 0.0896. The molecule has 0 aliphatic carbocycles. The van der Waals surface area contributed by atoms with Gasteiger partial charge in [0, 0.05) is 132 Å². The number of hydrogen-bond donors (Lipinski definition) is 11. The van der Waals surface area contributed by atoms with Gasteiger partial charge in [-0.15, -0.1) is 0 Å². The fourth-order valence-electron chi connectivity index (χ4n) is 11.2. The molecule has 0 saturated carbocycles. The summed E-state index contributed by atoms with van der Waals surface area (Å²) in [6.45, 7) is 9.97. The van der Waals surface area contributed by atoms with Gasteiger partial charge in [0.15, 0.2) is 0 Å². The number of likely N-dealkylation sites (tertiary alicyclic amines) is 3. The molecular formula is C66H76N24O6. The number of nitrogens with one attached hydrogen (secondary N) is 7. The second-order valence-electron chi connectivity index (χ2n) is 23.4. The van der Waals surface area contributed by atoms with E-state index in [1.807, 2.05) is 75.4 Å². The van der Waals surface area contributed by atoms with E-state index in [0.717, 1.165) is 84.6 Å². The van der Waals surface area contributed by atoms with Gasteiger partial charge in [-0.1, -0.05) is 36.4 Å². The van der Waals surface area contributed by atoms with Crippen LogP contribution in [-0.2, 0) is 34.0 Å². The van der Waals surface area contributed by atoms with E-state index in [9.17, 15) is 28.8 Å². The number of nitrogens with two attached hydrogens (primary N) is 4. The van der Waals surface area contributed by atoms with Gasteiger partial charge in [-0.3, -0.25) is 34.2 Å². The Labute approximate surface area is 552 Å². The number of amides is 6. The van der Waals surface area contributed by atoms with Gasteiger partial charge in [0.05, 0.1) is 16.6 Å². The van der Waals surface area contributed by atoms with Crippen molar-refractivity contribution in [1.82, 2.24) is 80.5 Å². The first kappa shape index (κ1) is 67.1. The molecule has 9 heterocycles. The zero-order chi connectivity index (χ0) is 67.8. The number of amidine groups is 1. The van der Waals surface area contributed by atoms with Gasteiger partial charge >= 0.3 is 0 Å². The van der Waals surface area contributed by atoms with Crippen LogP contribution in [0.4, 0.5) is 35.0 Å². The number of pyridine rings is 2. The monoisotopic (exact) mass is 1300 g/mol. The average molecular weight is 1300 g/mol. The Kier molecular flexibility index (Phi) is 21.8. The largest absolute Gasteiger partial charge is 0.384 e. The Morgan fingerprint density at radius 3 is 1.20 bits per heavy atom. The first-order chi connectivity index (χ1) is 46.2. The van der Waals surface area contributed by atoms with Crippen molar-refractivity contribution in [3.05, 3.63) is 156 Å². The van der Waals surface area contributed by atoms with Crippen molar-refractivity contribution >= 4 is 109 Å². The van der Waals surface area contributed by atoms with E-state index in [0.29, 0.717) is 96.2 Å². The topological polar surface area (TPSA) is 441 Å². The Morgan fingerprint density at radius 1 is 0.438 bits per heavy atom. The van der Waals surface area contributed by atoms with E-state index in [-0.39, 0.29) is 83.3 Å². The summed E-state index contributed by atoms with van der Waals surface area (Å²) in [6.07, 6.45) is 9.09. The summed E-state index contributed by atoms with van der Waals surface area (Å²) in [6, 6.07) is 29.7. The van der Waals surface area contributed by atoms with Crippen LogP contribution >= 0.6 is 0 Å². The highest BCUT2D eigenvalue weighted by atomic mass is 16.2. The standard InChI is InChI=1S/C23H26N8O2.C22H25N7O2.C21H25N9O2/c1-14(32)31-8-6-17(7-9-31)29-21-11-20(27-13-28-21)23(33)26-12-15-2-3-16-4-5-18(22(24)25)30-19(16)10-15;1-14(30)29-8-6-17(7-9-29)27-21-11-19(25-13-26-21)22(31)24-12-15-2-3-16-4-5-20(23)28-18(16)10-15;1-12(31)30-6-4-14(5-7-30)27-18-9-17(25-11-26-18)20(32)24-10-13-2-3-15-16(8-13)28-21(23)29-19(15)22/h2-5,10-11,13,17H,6-9,12H2,1H3,(H3,24,25)(H,26,33)(H,27,28,29);2-5,10-11,13,17H,6-9,12H2,1H3,(H2,23,28)(H,24,31)(H,25,26,27);2-3,8-9,11,14H,4-7,10H2,1H3,(H,24,32)(H,25,26,27)(H4,22,23,28,29). The molecule has 0 bridgehead atoms. The van der Waals surface area contributed by atoms with E-state index in [1.165, 1.54) is 19.0 Å². The molecule has 0 atom stereocenters. The van der Waals surface area contributed by atoms with Crippen LogP contribution in [0.3, 0.4) is 0 Å². The normalized spacial score (nSPS) is 14.3. The number of rotatable bonds is 16. The Balaban J connectivity index is 0.000000157. The van der Waals surface area contributed by atoms with Gasteiger partial charge < -0.3 is 69.5 Å². The Hall–Kier alpha value is -11.9. The molecule has 0 unspecified atom stereocenters. The SMILES string of the molecule is CC(=O)N1CCC(Nc2cc(C(=O)NCc3ccc4c(N)nc(N)nc4c3)ncn2)CC1.CC(=O)N1CCC(Nc2cc(C(=O)NCc3ccc4ccc(C(=N)N)nc4c3)ncn2)CC1.CC(=O)N1CCC(Nc2cc(C(=O)NCc3ccc4ccc(N)nc4c3)ncn2)CC1. The number of carbonyl (C=O) groups excluding carboxylic acids is 6. The quantitative estimate of drug-likeness (QED) is 0.0466. The van der Waals surface area contributed by atoms with Crippen LogP contribution in [0, 0.1) is 5.41 Å². The second-order valence-corrected chi connectivity index (χ2v) is 23.4. The van der Waals surface area contributed by atoms with E-state index < -0.39 is 0 Å². The first-order valence-corrected chi connectivity index (χ1v) is 31.3. The molecule has 30 nitrogen and oxygen atoms in total. The van der Waals surface area contributed by atoms with Crippen LogP contribution in [0.1, 0.15) is 113 Å².